The lowest BCUT2D eigenvalue weighted by atomic mass is 9.94. The molecular weight excluding hydrogens is 338 g/mol. The van der Waals surface area contributed by atoms with Crippen molar-refractivity contribution in [3.63, 3.8) is 0 Å². The molecule has 136 valence electrons. The molecule has 26 heavy (non-hydrogen) atoms. The number of amidine groups is 3. The van der Waals surface area contributed by atoms with Gasteiger partial charge in [-0.05, 0) is 6.92 Å². The van der Waals surface area contributed by atoms with E-state index >= 15 is 0 Å². The van der Waals surface area contributed by atoms with Crippen molar-refractivity contribution in [3.8, 4) is 0 Å². The van der Waals surface area contributed by atoms with Gasteiger partial charge in [0.2, 0.25) is 0 Å². The van der Waals surface area contributed by atoms with Crippen LogP contribution in [0.15, 0.2) is 50.3 Å². The normalized spacial score (nSPS) is 36.2. The monoisotopic (exact) mass is 357 g/mol. The molecule has 1 aromatic carbocycles. The molecule has 9 heteroatoms. The van der Waals surface area contributed by atoms with E-state index in [2.05, 4.69) is 20.0 Å². The van der Waals surface area contributed by atoms with Gasteiger partial charge in [0, 0.05) is 5.56 Å². The summed E-state index contributed by atoms with van der Waals surface area (Å²) in [6.45, 7) is 1.29. The van der Waals surface area contributed by atoms with Gasteiger partial charge in [-0.25, -0.2) is 20.0 Å². The molecule has 1 aromatic rings. The number of ether oxygens (including phenoxy) is 1. The van der Waals surface area contributed by atoms with Crippen LogP contribution >= 0.6 is 0 Å². The summed E-state index contributed by atoms with van der Waals surface area (Å²) in [5, 5.41) is 29.4. The maximum Gasteiger partial charge on any atom is 0.182 e. The standard InChI is InChI=1S/C17H19N5O4/c1-8-19-16-14(17(18,22-8)9-5-3-2-4-6-9)20-15(21-16)13-12(25)11(24)10(7-23)26-13/h2-6,10-13,23-25H,7,18H2,1H3/t10-,11-,12-,13-,17?/m1/s1. The fraction of sp³-hybridized carbons (Fsp3) is 0.412. The first-order valence-electron chi connectivity index (χ1n) is 8.24. The van der Waals surface area contributed by atoms with Crippen molar-refractivity contribution in [1.82, 2.24) is 0 Å². The molecule has 9 nitrogen and oxygen atoms in total. The van der Waals surface area contributed by atoms with Crippen LogP contribution in [-0.4, -0.2) is 69.6 Å². The second kappa shape index (κ2) is 6.15. The van der Waals surface area contributed by atoms with Crippen LogP contribution in [0, 0.1) is 0 Å². The quantitative estimate of drug-likeness (QED) is 0.546. The Balaban J connectivity index is 1.73. The fourth-order valence-electron chi connectivity index (χ4n) is 3.30. The Morgan fingerprint density at radius 1 is 1.12 bits per heavy atom. The zero-order chi connectivity index (χ0) is 18.5. The molecule has 4 rings (SSSR count). The second-order valence-electron chi connectivity index (χ2n) is 6.42. The molecular formula is C17H19N5O4. The van der Waals surface area contributed by atoms with Crippen molar-refractivity contribution in [2.45, 2.75) is 37.0 Å². The minimum absolute atomic E-state index is 0.150. The molecule has 3 aliphatic heterocycles. The topological polar surface area (TPSA) is 145 Å². The van der Waals surface area contributed by atoms with Gasteiger partial charge in [-0.3, -0.25) is 5.73 Å². The van der Waals surface area contributed by atoms with Gasteiger partial charge in [0.15, 0.2) is 17.3 Å². The smallest absolute Gasteiger partial charge is 0.182 e. The highest BCUT2D eigenvalue weighted by atomic mass is 16.6. The van der Waals surface area contributed by atoms with E-state index in [0.29, 0.717) is 17.4 Å². The highest BCUT2D eigenvalue weighted by Crippen LogP contribution is 2.31. The van der Waals surface area contributed by atoms with E-state index in [1.165, 1.54) is 0 Å². The van der Waals surface area contributed by atoms with Crippen LogP contribution in [-0.2, 0) is 10.4 Å². The molecule has 0 spiro atoms. The van der Waals surface area contributed by atoms with Crippen LogP contribution in [0.5, 0.6) is 0 Å². The maximum absolute atomic E-state index is 10.2. The van der Waals surface area contributed by atoms with Crippen molar-refractivity contribution < 1.29 is 20.1 Å². The lowest BCUT2D eigenvalue weighted by Gasteiger charge is -2.28. The van der Waals surface area contributed by atoms with Crippen LogP contribution in [0.4, 0.5) is 0 Å². The van der Waals surface area contributed by atoms with E-state index in [1.807, 2.05) is 30.3 Å². The first-order chi connectivity index (χ1) is 12.4. The largest absolute Gasteiger partial charge is 0.394 e. The van der Waals surface area contributed by atoms with Gasteiger partial charge >= 0.3 is 0 Å². The Hall–Kier alpha value is -2.30. The van der Waals surface area contributed by atoms with Gasteiger partial charge in [0.25, 0.3) is 0 Å². The average Bonchev–Trinajstić information content (AvgIpc) is 3.18. The molecule has 1 saturated heterocycles. The fourth-order valence-corrected chi connectivity index (χ4v) is 3.30. The van der Waals surface area contributed by atoms with E-state index in [1.54, 1.807) is 6.92 Å². The zero-order valence-electron chi connectivity index (χ0n) is 14.0. The predicted octanol–water partition coefficient (Wildman–Crippen LogP) is -1.04. The van der Waals surface area contributed by atoms with Crippen LogP contribution in [0.1, 0.15) is 12.5 Å². The van der Waals surface area contributed by atoms with Gasteiger partial charge in [-0.1, -0.05) is 30.3 Å². The number of aliphatic hydroxyl groups is 3. The van der Waals surface area contributed by atoms with Crippen molar-refractivity contribution in [2.24, 2.45) is 25.7 Å². The number of aliphatic hydroxyl groups excluding tert-OH is 3. The molecule has 1 unspecified atom stereocenters. The molecule has 3 heterocycles. The summed E-state index contributed by atoms with van der Waals surface area (Å²) in [6, 6.07) is 9.26. The maximum atomic E-state index is 10.2. The van der Waals surface area contributed by atoms with Gasteiger partial charge in [-0.15, -0.1) is 0 Å². The van der Waals surface area contributed by atoms with Crippen LogP contribution in [0.2, 0.25) is 0 Å². The molecule has 0 amide bonds. The lowest BCUT2D eigenvalue weighted by molar-refractivity contribution is -0.0101. The van der Waals surface area contributed by atoms with Gasteiger partial charge in [0.05, 0.1) is 6.61 Å². The number of hydrogen-bond acceptors (Lipinski definition) is 9. The molecule has 0 bridgehead atoms. The number of benzene rings is 1. The van der Waals surface area contributed by atoms with Gasteiger partial charge in [-0.2, -0.15) is 0 Å². The Morgan fingerprint density at radius 2 is 1.85 bits per heavy atom. The van der Waals surface area contributed by atoms with Crippen molar-refractivity contribution in [3.05, 3.63) is 35.9 Å². The first-order valence-corrected chi connectivity index (χ1v) is 8.24. The molecule has 0 saturated carbocycles. The SMILES string of the molecule is CC1=NC(N)(c2ccccc2)C2=NC([C@@H]3O[C@H](CO)[C@@H](O)[C@H]3O)=NC2=N1. The Morgan fingerprint density at radius 3 is 2.50 bits per heavy atom. The summed E-state index contributed by atoms with van der Waals surface area (Å²) in [4.78, 5) is 17.5. The third-order valence-electron chi connectivity index (χ3n) is 4.64. The lowest BCUT2D eigenvalue weighted by Crippen LogP contribution is -2.48. The summed E-state index contributed by atoms with van der Waals surface area (Å²) < 4.78 is 5.50. The van der Waals surface area contributed by atoms with Crippen LogP contribution in [0.3, 0.4) is 0 Å². The number of rotatable bonds is 3. The van der Waals surface area contributed by atoms with E-state index in [0.717, 1.165) is 5.56 Å². The summed E-state index contributed by atoms with van der Waals surface area (Å²) in [7, 11) is 0. The average molecular weight is 357 g/mol. The van der Waals surface area contributed by atoms with Crippen molar-refractivity contribution in [2.75, 3.05) is 6.61 Å². The Labute approximate surface area is 149 Å². The zero-order valence-corrected chi connectivity index (χ0v) is 14.0. The molecule has 5 atom stereocenters. The highest BCUT2D eigenvalue weighted by molar-refractivity contribution is 6.52. The van der Waals surface area contributed by atoms with E-state index in [4.69, 9.17) is 10.5 Å². The molecule has 3 aliphatic rings. The summed E-state index contributed by atoms with van der Waals surface area (Å²) in [6.07, 6.45) is -4.38. The van der Waals surface area contributed by atoms with Crippen molar-refractivity contribution in [1.29, 1.82) is 0 Å². The minimum atomic E-state index is -1.26. The third kappa shape index (κ3) is 2.52. The highest BCUT2D eigenvalue weighted by Gasteiger charge is 2.49. The molecule has 0 radical (unpaired) electrons. The Kier molecular flexibility index (Phi) is 4.05. The van der Waals surface area contributed by atoms with E-state index in [-0.39, 0.29) is 5.84 Å². The van der Waals surface area contributed by atoms with Crippen molar-refractivity contribution >= 4 is 23.2 Å². The number of nitrogens with zero attached hydrogens (tertiary/aromatic N) is 4. The number of fused-ring (bicyclic) bond motifs is 1. The second-order valence-corrected chi connectivity index (χ2v) is 6.42. The number of aliphatic imine (C=N–C) groups is 4. The first kappa shape index (κ1) is 17.1. The van der Waals surface area contributed by atoms with E-state index in [9.17, 15) is 15.3 Å². The third-order valence-corrected chi connectivity index (χ3v) is 4.64. The summed E-state index contributed by atoms with van der Waals surface area (Å²) in [5.41, 5.74) is 6.38. The molecule has 0 aromatic heterocycles. The predicted molar refractivity (Wildman–Crippen MR) is 95.5 cm³/mol. The number of nitrogens with two attached hydrogens (primary N) is 1. The van der Waals surface area contributed by atoms with Gasteiger partial charge in [0.1, 0.15) is 36.0 Å². The van der Waals surface area contributed by atoms with Gasteiger partial charge < -0.3 is 20.1 Å². The minimum Gasteiger partial charge on any atom is -0.394 e. The number of hydrogen-bond donors (Lipinski definition) is 4. The summed E-state index contributed by atoms with van der Waals surface area (Å²) in [5.74, 6) is 0.907. The van der Waals surface area contributed by atoms with Crippen LogP contribution in [0.25, 0.3) is 0 Å². The molecule has 0 aliphatic carbocycles. The van der Waals surface area contributed by atoms with Crippen LogP contribution < -0.4 is 5.73 Å². The van der Waals surface area contributed by atoms with E-state index < -0.39 is 36.7 Å². The molecule has 1 fully saturated rings. The Bertz CT molecular complexity index is 850. The summed E-state index contributed by atoms with van der Waals surface area (Å²) >= 11 is 0. The molecule has 5 N–H and O–H groups in total.